The van der Waals surface area contributed by atoms with Crippen molar-refractivity contribution in [1.29, 1.82) is 0 Å². The summed E-state index contributed by atoms with van der Waals surface area (Å²) in [5.41, 5.74) is 0.0296. The van der Waals surface area contributed by atoms with Crippen LogP contribution in [0.3, 0.4) is 0 Å². The normalized spacial score (nSPS) is 42.1. The summed E-state index contributed by atoms with van der Waals surface area (Å²) in [6.07, 6.45) is 6.22. The molecule has 5 rings (SSSR count). The lowest BCUT2D eigenvalue weighted by Gasteiger charge is -2.65. The van der Waals surface area contributed by atoms with Crippen LogP contribution in [-0.4, -0.2) is 14.0 Å². The Morgan fingerprint density at radius 2 is 1.65 bits per heavy atom. The van der Waals surface area contributed by atoms with E-state index in [1.54, 1.807) is 6.07 Å². The van der Waals surface area contributed by atoms with Crippen molar-refractivity contribution in [2.45, 2.75) is 62.8 Å². The van der Waals surface area contributed by atoms with Gasteiger partial charge in [-0.15, -0.1) is 0 Å². The van der Waals surface area contributed by atoms with Gasteiger partial charge in [0, 0.05) is 5.54 Å². The molecule has 0 aromatic heterocycles. The maximum Gasteiger partial charge on any atom is 0.243 e. The quantitative estimate of drug-likeness (QED) is 0.910. The lowest BCUT2D eigenvalue weighted by molar-refractivity contribution is -0.110. The van der Waals surface area contributed by atoms with Crippen molar-refractivity contribution in [3.63, 3.8) is 0 Å². The van der Waals surface area contributed by atoms with Crippen LogP contribution in [0.1, 0.15) is 52.4 Å². The Hall–Kier alpha value is -0.940. The van der Waals surface area contributed by atoms with Gasteiger partial charge < -0.3 is 0 Å². The zero-order valence-corrected chi connectivity index (χ0v) is 14.5. The van der Waals surface area contributed by atoms with Crippen molar-refractivity contribution < 1.29 is 12.8 Å². The molecule has 3 nitrogen and oxygen atoms in total. The summed E-state index contributed by atoms with van der Waals surface area (Å²) in [6.45, 7) is 4.59. The Balaban J connectivity index is 1.70. The summed E-state index contributed by atoms with van der Waals surface area (Å²) in [7, 11) is -3.83. The first-order valence-corrected chi connectivity index (χ1v) is 9.90. The highest BCUT2D eigenvalue weighted by atomic mass is 32.2. The molecule has 1 N–H and O–H groups in total. The number of halogens is 1. The standard InChI is InChI=1S/C18H24FNO2S/c1-16-7-13-8-17(2,10-16)12-18(9-13,11-16)20-23(21,22)15-6-4-3-5-14(15)19/h3-6,13,20H,7-12H2,1-2H3. The Labute approximate surface area is 137 Å². The molecule has 0 amide bonds. The van der Waals surface area contributed by atoms with Gasteiger partial charge in [-0.05, 0) is 67.4 Å². The number of hydrogen-bond donors (Lipinski definition) is 1. The van der Waals surface area contributed by atoms with Gasteiger partial charge >= 0.3 is 0 Å². The fourth-order valence-electron chi connectivity index (χ4n) is 6.56. The minimum absolute atomic E-state index is 0.214. The first-order chi connectivity index (χ1) is 10.6. The minimum Gasteiger partial charge on any atom is -0.207 e. The molecule has 2 unspecified atom stereocenters. The highest BCUT2D eigenvalue weighted by molar-refractivity contribution is 7.89. The Morgan fingerprint density at radius 1 is 1.04 bits per heavy atom. The van der Waals surface area contributed by atoms with Gasteiger partial charge in [0.25, 0.3) is 0 Å². The molecule has 0 spiro atoms. The molecule has 4 saturated carbocycles. The van der Waals surface area contributed by atoms with Gasteiger partial charge in [0.15, 0.2) is 0 Å². The zero-order valence-electron chi connectivity index (χ0n) is 13.7. The van der Waals surface area contributed by atoms with Crippen LogP contribution >= 0.6 is 0 Å². The lowest BCUT2D eigenvalue weighted by Crippen LogP contribution is -2.65. The second kappa shape index (κ2) is 4.57. The van der Waals surface area contributed by atoms with Crippen molar-refractivity contribution in [3.05, 3.63) is 30.1 Å². The molecule has 1 aromatic carbocycles. The number of hydrogen-bond acceptors (Lipinski definition) is 2. The van der Waals surface area contributed by atoms with Crippen LogP contribution in [0.25, 0.3) is 0 Å². The van der Waals surface area contributed by atoms with E-state index >= 15 is 0 Å². The van der Waals surface area contributed by atoms with Crippen LogP contribution in [0.2, 0.25) is 0 Å². The van der Waals surface area contributed by atoms with Gasteiger partial charge in [-0.1, -0.05) is 26.0 Å². The second-order valence-electron chi connectivity index (χ2n) is 8.95. The smallest absolute Gasteiger partial charge is 0.207 e. The number of sulfonamides is 1. The van der Waals surface area contributed by atoms with Gasteiger partial charge in [-0.2, -0.15) is 0 Å². The van der Waals surface area contributed by atoms with Crippen molar-refractivity contribution >= 4 is 10.0 Å². The van der Waals surface area contributed by atoms with Crippen LogP contribution in [-0.2, 0) is 10.0 Å². The Morgan fingerprint density at radius 3 is 2.22 bits per heavy atom. The van der Waals surface area contributed by atoms with E-state index in [9.17, 15) is 12.8 Å². The molecule has 0 radical (unpaired) electrons. The maximum absolute atomic E-state index is 14.0. The SMILES string of the molecule is CC12CC3CC(C)(C1)CC(NS(=O)(=O)c1ccccc1F)(C3)C2. The topological polar surface area (TPSA) is 46.2 Å². The monoisotopic (exact) mass is 337 g/mol. The molecule has 126 valence electrons. The number of nitrogens with one attached hydrogen (secondary N) is 1. The van der Waals surface area contributed by atoms with Crippen molar-refractivity contribution in [2.24, 2.45) is 16.7 Å². The molecule has 1 aromatic rings. The van der Waals surface area contributed by atoms with Gasteiger partial charge in [0.05, 0.1) is 0 Å². The number of benzene rings is 1. The maximum atomic E-state index is 14.0. The van der Waals surface area contributed by atoms with E-state index in [-0.39, 0.29) is 15.7 Å². The third-order valence-electron chi connectivity index (χ3n) is 6.10. The first-order valence-electron chi connectivity index (χ1n) is 8.41. The molecule has 0 aliphatic heterocycles. The average Bonchev–Trinajstić information content (AvgIpc) is 2.32. The third kappa shape index (κ3) is 2.52. The first kappa shape index (κ1) is 15.6. The molecule has 0 heterocycles. The predicted octanol–water partition coefficient (Wildman–Crippen LogP) is 3.85. The van der Waals surface area contributed by atoms with E-state index in [0.29, 0.717) is 5.92 Å². The van der Waals surface area contributed by atoms with Crippen molar-refractivity contribution in [2.75, 3.05) is 0 Å². The Kier molecular flexibility index (Phi) is 3.10. The Bertz CT molecular complexity index is 742. The predicted molar refractivity (Wildman–Crippen MR) is 86.9 cm³/mol. The molecule has 5 heteroatoms. The van der Waals surface area contributed by atoms with Crippen LogP contribution in [0.5, 0.6) is 0 Å². The van der Waals surface area contributed by atoms with Crippen LogP contribution in [0, 0.1) is 22.6 Å². The summed E-state index contributed by atoms with van der Waals surface area (Å²) < 4.78 is 42.5. The van der Waals surface area contributed by atoms with Gasteiger partial charge in [-0.3, -0.25) is 0 Å². The van der Waals surface area contributed by atoms with E-state index < -0.39 is 21.4 Å². The van der Waals surface area contributed by atoms with Crippen LogP contribution < -0.4 is 4.72 Å². The van der Waals surface area contributed by atoms with E-state index in [1.165, 1.54) is 37.5 Å². The molecule has 4 aliphatic rings. The number of rotatable bonds is 3. The summed E-state index contributed by atoms with van der Waals surface area (Å²) in [5.74, 6) is -0.0910. The zero-order chi connectivity index (χ0) is 16.5. The van der Waals surface area contributed by atoms with E-state index in [0.717, 1.165) is 19.3 Å². The lowest BCUT2D eigenvalue weighted by atomic mass is 9.43. The molecule has 0 saturated heterocycles. The van der Waals surface area contributed by atoms with Crippen molar-refractivity contribution in [3.8, 4) is 0 Å². The van der Waals surface area contributed by atoms with Gasteiger partial charge in [0.2, 0.25) is 10.0 Å². The highest BCUT2D eigenvalue weighted by Crippen LogP contribution is 2.66. The highest BCUT2D eigenvalue weighted by Gasteiger charge is 2.61. The average molecular weight is 337 g/mol. The molecule has 4 fully saturated rings. The largest absolute Gasteiger partial charge is 0.243 e. The fraction of sp³-hybridized carbons (Fsp3) is 0.667. The molecule has 4 bridgehead atoms. The molecule has 23 heavy (non-hydrogen) atoms. The fourth-order valence-corrected chi connectivity index (χ4v) is 8.05. The van der Waals surface area contributed by atoms with E-state index in [4.69, 9.17) is 0 Å². The van der Waals surface area contributed by atoms with E-state index in [2.05, 4.69) is 18.6 Å². The second-order valence-corrected chi connectivity index (χ2v) is 10.6. The van der Waals surface area contributed by atoms with Crippen LogP contribution in [0.15, 0.2) is 29.2 Å². The van der Waals surface area contributed by atoms with Gasteiger partial charge in [0.1, 0.15) is 10.7 Å². The van der Waals surface area contributed by atoms with Crippen molar-refractivity contribution in [1.82, 2.24) is 4.72 Å². The summed E-state index contributed by atoms with van der Waals surface area (Å²) >= 11 is 0. The summed E-state index contributed by atoms with van der Waals surface area (Å²) in [4.78, 5) is -0.231. The van der Waals surface area contributed by atoms with Gasteiger partial charge in [-0.25, -0.2) is 17.5 Å². The molecular formula is C18H24FNO2S. The summed E-state index contributed by atoms with van der Waals surface area (Å²) in [5, 5.41) is 0. The molecular weight excluding hydrogens is 313 g/mol. The third-order valence-corrected chi connectivity index (χ3v) is 7.72. The molecule has 2 atom stereocenters. The van der Waals surface area contributed by atoms with E-state index in [1.807, 2.05) is 0 Å². The molecule has 4 aliphatic carbocycles. The minimum atomic E-state index is -3.83. The van der Waals surface area contributed by atoms with Crippen LogP contribution in [0.4, 0.5) is 4.39 Å². The summed E-state index contributed by atoms with van der Waals surface area (Å²) in [6, 6.07) is 5.64.